The van der Waals surface area contributed by atoms with Gasteiger partial charge in [0, 0.05) is 10.5 Å². The van der Waals surface area contributed by atoms with Crippen LogP contribution in [0.1, 0.15) is 20.8 Å². The van der Waals surface area contributed by atoms with E-state index in [-0.39, 0.29) is 4.75 Å². The molecule has 0 aromatic rings. The van der Waals surface area contributed by atoms with Crippen LogP contribution in [0.2, 0.25) is 0 Å². The Balaban J connectivity index is 3.68. The van der Waals surface area contributed by atoms with E-state index in [4.69, 9.17) is 5.11 Å². The molecule has 0 amide bonds. The van der Waals surface area contributed by atoms with Crippen molar-refractivity contribution in [2.45, 2.75) is 31.6 Å². The number of nitrogens with one attached hydrogen (secondary N) is 1. The molecule has 0 aliphatic carbocycles. The van der Waals surface area contributed by atoms with Crippen molar-refractivity contribution in [3.63, 3.8) is 0 Å². The number of hydrogen-bond donors (Lipinski definition) is 2. The molecule has 0 aliphatic heterocycles. The molecular weight excluding hydrogens is 206 g/mol. The number of likely N-dealkylation sites (N-methyl/N-ethyl adjacent to an activating group) is 1. The van der Waals surface area contributed by atoms with Crippen LogP contribution < -0.4 is 5.32 Å². The molecule has 5 heteroatoms. The average Bonchev–Trinajstić information content (AvgIpc) is 1.95. The fraction of sp³-hybridized carbons (Fsp3) is 0.875. The Morgan fingerprint density at radius 3 is 2.38 bits per heavy atom. The van der Waals surface area contributed by atoms with Crippen LogP contribution in [0.25, 0.3) is 0 Å². The smallest absolute Gasteiger partial charge is 0.321 e. The monoisotopic (exact) mass is 223 g/mol. The maximum Gasteiger partial charge on any atom is 0.321 e. The maximum absolute atomic E-state index is 10.6. The SMILES string of the molecule is CN[C@H](CSSC(C)(C)C)C(=O)O. The van der Waals surface area contributed by atoms with Crippen molar-refractivity contribution in [1.82, 2.24) is 5.32 Å². The van der Waals surface area contributed by atoms with E-state index in [0.29, 0.717) is 5.75 Å². The zero-order chi connectivity index (χ0) is 10.5. The van der Waals surface area contributed by atoms with Gasteiger partial charge in [0.25, 0.3) is 0 Å². The van der Waals surface area contributed by atoms with Crippen LogP contribution in [-0.4, -0.2) is 34.7 Å². The lowest BCUT2D eigenvalue weighted by Gasteiger charge is -2.17. The van der Waals surface area contributed by atoms with Gasteiger partial charge < -0.3 is 10.4 Å². The zero-order valence-electron chi connectivity index (χ0n) is 8.46. The molecular formula is C8H17NO2S2. The Bertz CT molecular complexity index is 168. The maximum atomic E-state index is 10.6. The van der Waals surface area contributed by atoms with E-state index in [1.807, 2.05) is 0 Å². The first-order valence-corrected chi connectivity index (χ1v) is 6.39. The molecule has 0 heterocycles. The van der Waals surface area contributed by atoms with Crippen LogP contribution in [0.3, 0.4) is 0 Å². The summed E-state index contributed by atoms with van der Waals surface area (Å²) in [5.41, 5.74) is 0. The summed E-state index contributed by atoms with van der Waals surface area (Å²) < 4.78 is 0.182. The van der Waals surface area contributed by atoms with E-state index in [9.17, 15) is 4.79 Å². The van der Waals surface area contributed by atoms with Gasteiger partial charge in [-0.15, -0.1) is 0 Å². The van der Waals surface area contributed by atoms with Gasteiger partial charge in [0.1, 0.15) is 6.04 Å². The fourth-order valence-corrected chi connectivity index (χ4v) is 3.10. The van der Waals surface area contributed by atoms with Gasteiger partial charge in [-0.3, -0.25) is 4.79 Å². The molecule has 0 aromatic heterocycles. The van der Waals surface area contributed by atoms with Gasteiger partial charge in [0.15, 0.2) is 0 Å². The van der Waals surface area contributed by atoms with Crippen molar-refractivity contribution in [3.05, 3.63) is 0 Å². The number of rotatable bonds is 5. The van der Waals surface area contributed by atoms with Crippen molar-refractivity contribution in [2.24, 2.45) is 0 Å². The van der Waals surface area contributed by atoms with Crippen molar-refractivity contribution >= 4 is 27.6 Å². The second kappa shape index (κ2) is 5.78. The van der Waals surface area contributed by atoms with Gasteiger partial charge in [0.2, 0.25) is 0 Å². The Kier molecular flexibility index (Phi) is 5.83. The number of hydrogen-bond acceptors (Lipinski definition) is 4. The Labute approximate surface area is 87.4 Å². The third-order valence-corrected chi connectivity index (χ3v) is 4.54. The second-order valence-electron chi connectivity index (χ2n) is 3.66. The summed E-state index contributed by atoms with van der Waals surface area (Å²) in [7, 11) is 4.97. The lowest BCUT2D eigenvalue weighted by atomic mass is 10.3. The molecule has 0 radical (unpaired) electrons. The third kappa shape index (κ3) is 7.22. The molecule has 2 N–H and O–H groups in total. The van der Waals surface area contributed by atoms with Gasteiger partial charge in [-0.2, -0.15) is 0 Å². The number of carboxylic acids is 1. The minimum atomic E-state index is -0.787. The number of carboxylic acid groups (broad SMARTS) is 1. The highest BCUT2D eigenvalue weighted by Gasteiger charge is 2.17. The van der Waals surface area contributed by atoms with E-state index >= 15 is 0 Å². The molecule has 0 spiro atoms. The molecule has 0 saturated heterocycles. The quantitative estimate of drug-likeness (QED) is 0.697. The predicted octanol–water partition coefficient (Wildman–Crippen LogP) is 1.84. The summed E-state index contributed by atoms with van der Waals surface area (Å²) >= 11 is 0. The summed E-state index contributed by atoms with van der Waals surface area (Å²) in [4.78, 5) is 10.6. The molecule has 0 saturated carbocycles. The Hall–Kier alpha value is 0.130. The topological polar surface area (TPSA) is 49.3 Å². The van der Waals surface area contributed by atoms with Crippen LogP contribution in [0.15, 0.2) is 0 Å². The molecule has 0 rings (SSSR count). The highest BCUT2D eigenvalue weighted by molar-refractivity contribution is 8.77. The Morgan fingerprint density at radius 1 is 1.54 bits per heavy atom. The normalized spacial score (nSPS) is 14.2. The zero-order valence-corrected chi connectivity index (χ0v) is 10.1. The molecule has 3 nitrogen and oxygen atoms in total. The second-order valence-corrected chi connectivity index (χ2v) is 6.83. The summed E-state index contributed by atoms with van der Waals surface area (Å²) in [6.07, 6.45) is 0. The predicted molar refractivity (Wildman–Crippen MR) is 60.3 cm³/mol. The lowest BCUT2D eigenvalue weighted by Crippen LogP contribution is -2.35. The van der Waals surface area contributed by atoms with Crippen LogP contribution in [-0.2, 0) is 4.79 Å². The minimum Gasteiger partial charge on any atom is -0.480 e. The summed E-state index contributed by atoms with van der Waals surface area (Å²) in [5, 5.41) is 11.5. The first-order chi connectivity index (χ1) is 5.87. The molecule has 1 atom stereocenters. The van der Waals surface area contributed by atoms with Crippen molar-refractivity contribution < 1.29 is 9.90 Å². The first kappa shape index (κ1) is 13.1. The van der Waals surface area contributed by atoms with Crippen LogP contribution in [0.4, 0.5) is 0 Å². The van der Waals surface area contributed by atoms with Crippen LogP contribution in [0, 0.1) is 0 Å². The summed E-state index contributed by atoms with van der Waals surface area (Å²) in [6.45, 7) is 6.33. The highest BCUT2D eigenvalue weighted by atomic mass is 33.1. The third-order valence-electron chi connectivity index (χ3n) is 1.19. The first-order valence-electron chi connectivity index (χ1n) is 4.07. The van der Waals surface area contributed by atoms with E-state index in [0.717, 1.165) is 0 Å². The summed E-state index contributed by atoms with van der Waals surface area (Å²) in [5.74, 6) is -0.196. The molecule has 0 aliphatic rings. The fourth-order valence-electron chi connectivity index (χ4n) is 0.557. The molecule has 13 heavy (non-hydrogen) atoms. The lowest BCUT2D eigenvalue weighted by molar-refractivity contribution is -0.138. The van der Waals surface area contributed by atoms with Gasteiger partial charge in [-0.25, -0.2) is 0 Å². The molecule has 78 valence electrons. The van der Waals surface area contributed by atoms with E-state index < -0.39 is 12.0 Å². The van der Waals surface area contributed by atoms with Crippen LogP contribution in [0.5, 0.6) is 0 Å². The molecule has 0 bridgehead atoms. The van der Waals surface area contributed by atoms with Crippen molar-refractivity contribution in [1.29, 1.82) is 0 Å². The average molecular weight is 223 g/mol. The number of carbonyl (C=O) groups is 1. The van der Waals surface area contributed by atoms with E-state index in [2.05, 4.69) is 26.1 Å². The Morgan fingerprint density at radius 2 is 2.08 bits per heavy atom. The van der Waals surface area contributed by atoms with E-state index in [1.165, 1.54) is 0 Å². The van der Waals surface area contributed by atoms with Gasteiger partial charge >= 0.3 is 5.97 Å². The van der Waals surface area contributed by atoms with Gasteiger partial charge in [0.05, 0.1) is 0 Å². The largest absolute Gasteiger partial charge is 0.480 e. The highest BCUT2D eigenvalue weighted by Crippen LogP contribution is 2.35. The molecule has 0 fully saturated rings. The van der Waals surface area contributed by atoms with Crippen molar-refractivity contribution in [2.75, 3.05) is 12.8 Å². The molecule has 0 aromatic carbocycles. The molecule has 0 unspecified atom stereocenters. The van der Waals surface area contributed by atoms with E-state index in [1.54, 1.807) is 28.6 Å². The standard InChI is InChI=1S/C8H17NO2S2/c1-8(2,3)13-12-5-6(9-4)7(10)11/h6,9H,5H2,1-4H3,(H,10,11)/t6-/m1/s1. The van der Waals surface area contributed by atoms with Crippen molar-refractivity contribution in [3.8, 4) is 0 Å². The number of aliphatic carboxylic acids is 1. The van der Waals surface area contributed by atoms with Gasteiger partial charge in [-0.1, -0.05) is 42.4 Å². The summed E-state index contributed by atoms with van der Waals surface area (Å²) in [6, 6.07) is -0.445. The van der Waals surface area contributed by atoms with Crippen LogP contribution >= 0.6 is 21.6 Å². The minimum absolute atomic E-state index is 0.182. The van der Waals surface area contributed by atoms with Gasteiger partial charge in [-0.05, 0) is 7.05 Å².